The van der Waals surface area contributed by atoms with E-state index in [2.05, 4.69) is 21.2 Å². The average Bonchev–Trinajstić information content (AvgIpc) is 2.75. The SMILES string of the molecule is Cc1ccc(Br)c(C(=O)NCc2ccn(C)c2)c1. The van der Waals surface area contributed by atoms with Crippen molar-refractivity contribution in [2.75, 3.05) is 0 Å². The van der Waals surface area contributed by atoms with E-state index in [1.165, 1.54) is 0 Å². The van der Waals surface area contributed by atoms with Crippen LogP contribution in [0.25, 0.3) is 0 Å². The maximum atomic E-state index is 12.0. The predicted molar refractivity (Wildman–Crippen MR) is 75.5 cm³/mol. The number of nitrogens with zero attached hydrogens (tertiary/aromatic N) is 1. The number of nitrogens with one attached hydrogen (secondary N) is 1. The first kappa shape index (κ1) is 12.9. The third kappa shape index (κ3) is 3.01. The second-order valence-electron chi connectivity index (χ2n) is 4.35. The van der Waals surface area contributed by atoms with Gasteiger partial charge in [0, 0.05) is 30.5 Å². The smallest absolute Gasteiger partial charge is 0.252 e. The lowest BCUT2D eigenvalue weighted by Crippen LogP contribution is -2.23. The Morgan fingerprint density at radius 2 is 2.17 bits per heavy atom. The molecule has 1 aromatic heterocycles. The fourth-order valence-corrected chi connectivity index (χ4v) is 2.18. The lowest BCUT2D eigenvalue weighted by atomic mass is 10.1. The van der Waals surface area contributed by atoms with Gasteiger partial charge in [0.1, 0.15) is 0 Å². The lowest BCUT2D eigenvalue weighted by molar-refractivity contribution is 0.0950. The molecule has 18 heavy (non-hydrogen) atoms. The molecule has 0 fully saturated rings. The molecule has 0 unspecified atom stereocenters. The van der Waals surface area contributed by atoms with E-state index in [-0.39, 0.29) is 5.91 Å². The molecule has 2 rings (SSSR count). The van der Waals surface area contributed by atoms with Gasteiger partial charge in [0.05, 0.1) is 5.56 Å². The van der Waals surface area contributed by atoms with Gasteiger partial charge >= 0.3 is 0 Å². The van der Waals surface area contributed by atoms with Gasteiger partial charge in [-0.05, 0) is 46.6 Å². The number of aromatic nitrogens is 1. The molecule has 2 aromatic rings. The molecule has 1 N–H and O–H groups in total. The van der Waals surface area contributed by atoms with E-state index in [0.29, 0.717) is 12.1 Å². The first-order valence-electron chi connectivity index (χ1n) is 5.71. The van der Waals surface area contributed by atoms with Crippen molar-refractivity contribution in [1.82, 2.24) is 9.88 Å². The third-order valence-electron chi connectivity index (χ3n) is 2.71. The van der Waals surface area contributed by atoms with E-state index >= 15 is 0 Å². The highest BCUT2D eigenvalue weighted by atomic mass is 79.9. The fourth-order valence-electron chi connectivity index (χ4n) is 1.76. The molecule has 3 nitrogen and oxygen atoms in total. The van der Waals surface area contributed by atoms with Crippen molar-refractivity contribution in [2.24, 2.45) is 7.05 Å². The van der Waals surface area contributed by atoms with Crippen LogP contribution in [0.1, 0.15) is 21.5 Å². The zero-order valence-electron chi connectivity index (χ0n) is 10.4. The maximum absolute atomic E-state index is 12.0. The fraction of sp³-hybridized carbons (Fsp3) is 0.214. The first-order chi connectivity index (χ1) is 8.56. The molecule has 0 saturated carbocycles. The van der Waals surface area contributed by atoms with Crippen LogP contribution in [0.15, 0.2) is 41.1 Å². The first-order valence-corrected chi connectivity index (χ1v) is 6.51. The Kier molecular flexibility index (Phi) is 3.87. The van der Waals surface area contributed by atoms with Crippen LogP contribution >= 0.6 is 15.9 Å². The Morgan fingerprint density at radius 1 is 1.39 bits per heavy atom. The summed E-state index contributed by atoms with van der Waals surface area (Å²) in [6.45, 7) is 2.51. The normalized spacial score (nSPS) is 10.4. The molecule has 0 saturated heterocycles. The summed E-state index contributed by atoms with van der Waals surface area (Å²) < 4.78 is 2.78. The molecule has 4 heteroatoms. The summed E-state index contributed by atoms with van der Waals surface area (Å²) in [6.07, 6.45) is 3.95. The van der Waals surface area contributed by atoms with E-state index in [0.717, 1.165) is 15.6 Å². The minimum absolute atomic E-state index is 0.0607. The van der Waals surface area contributed by atoms with Crippen molar-refractivity contribution in [3.63, 3.8) is 0 Å². The number of benzene rings is 1. The molecule has 0 spiro atoms. The van der Waals surface area contributed by atoms with Gasteiger partial charge in [-0.15, -0.1) is 0 Å². The number of rotatable bonds is 3. The molecular weight excluding hydrogens is 292 g/mol. The summed E-state index contributed by atoms with van der Waals surface area (Å²) in [7, 11) is 1.96. The van der Waals surface area contributed by atoms with Crippen molar-refractivity contribution < 1.29 is 4.79 Å². The number of aryl methyl sites for hydroxylation is 2. The molecule has 1 aromatic carbocycles. The quantitative estimate of drug-likeness (QED) is 0.929. The van der Waals surface area contributed by atoms with Crippen LogP contribution < -0.4 is 5.32 Å². The van der Waals surface area contributed by atoms with Gasteiger partial charge in [-0.3, -0.25) is 4.79 Å². The Hall–Kier alpha value is -1.55. The highest BCUT2D eigenvalue weighted by Gasteiger charge is 2.09. The Morgan fingerprint density at radius 3 is 2.83 bits per heavy atom. The van der Waals surface area contributed by atoms with Crippen molar-refractivity contribution in [3.05, 3.63) is 57.8 Å². The zero-order valence-corrected chi connectivity index (χ0v) is 12.0. The number of hydrogen-bond acceptors (Lipinski definition) is 1. The van der Waals surface area contributed by atoms with Crippen LogP contribution in [0.2, 0.25) is 0 Å². The summed E-state index contributed by atoms with van der Waals surface area (Å²) in [4.78, 5) is 12.0. The van der Waals surface area contributed by atoms with Gasteiger partial charge in [-0.2, -0.15) is 0 Å². The van der Waals surface area contributed by atoms with Crippen LogP contribution in [0.5, 0.6) is 0 Å². The van der Waals surface area contributed by atoms with Gasteiger partial charge < -0.3 is 9.88 Å². The molecule has 1 amide bonds. The van der Waals surface area contributed by atoms with E-state index in [9.17, 15) is 4.79 Å². The Balaban J connectivity index is 2.05. The Labute approximate surface area is 115 Å². The summed E-state index contributed by atoms with van der Waals surface area (Å²) in [6, 6.07) is 7.74. The maximum Gasteiger partial charge on any atom is 0.252 e. The van der Waals surface area contributed by atoms with Crippen molar-refractivity contribution in [1.29, 1.82) is 0 Å². The summed E-state index contributed by atoms with van der Waals surface area (Å²) >= 11 is 3.40. The Bertz CT molecular complexity index is 575. The number of carbonyl (C=O) groups excluding carboxylic acids is 1. The van der Waals surface area contributed by atoms with Crippen LogP contribution in [0, 0.1) is 6.92 Å². The molecule has 0 aliphatic heterocycles. The number of hydrogen-bond donors (Lipinski definition) is 1. The molecule has 0 aliphatic carbocycles. The molecule has 1 heterocycles. The average molecular weight is 307 g/mol. The summed E-state index contributed by atoms with van der Waals surface area (Å²) in [5.41, 5.74) is 2.84. The summed E-state index contributed by atoms with van der Waals surface area (Å²) in [5, 5.41) is 2.91. The zero-order chi connectivity index (χ0) is 13.1. The van der Waals surface area contributed by atoms with Crippen LogP contribution in [0.3, 0.4) is 0 Å². The van der Waals surface area contributed by atoms with Crippen LogP contribution in [-0.4, -0.2) is 10.5 Å². The van der Waals surface area contributed by atoms with Gasteiger partial charge in [0.15, 0.2) is 0 Å². The molecule has 94 valence electrons. The van der Waals surface area contributed by atoms with Crippen LogP contribution in [0.4, 0.5) is 0 Å². The van der Waals surface area contributed by atoms with E-state index < -0.39 is 0 Å². The lowest BCUT2D eigenvalue weighted by Gasteiger charge is -2.07. The highest BCUT2D eigenvalue weighted by molar-refractivity contribution is 9.10. The minimum Gasteiger partial charge on any atom is -0.357 e. The van der Waals surface area contributed by atoms with E-state index in [4.69, 9.17) is 0 Å². The van der Waals surface area contributed by atoms with Gasteiger partial charge in [0.2, 0.25) is 0 Å². The highest BCUT2D eigenvalue weighted by Crippen LogP contribution is 2.18. The summed E-state index contributed by atoms with van der Waals surface area (Å²) in [5.74, 6) is -0.0607. The second kappa shape index (κ2) is 5.40. The number of halogens is 1. The minimum atomic E-state index is -0.0607. The predicted octanol–water partition coefficient (Wildman–Crippen LogP) is 3.03. The third-order valence-corrected chi connectivity index (χ3v) is 3.40. The largest absolute Gasteiger partial charge is 0.357 e. The standard InChI is InChI=1S/C14H15BrN2O/c1-10-3-4-13(15)12(7-10)14(18)16-8-11-5-6-17(2)9-11/h3-7,9H,8H2,1-2H3,(H,16,18). The molecule has 0 aliphatic rings. The molecule has 0 atom stereocenters. The van der Waals surface area contributed by atoms with Crippen molar-refractivity contribution in [3.8, 4) is 0 Å². The molecular formula is C14H15BrN2O. The monoisotopic (exact) mass is 306 g/mol. The topological polar surface area (TPSA) is 34.0 Å². The van der Waals surface area contributed by atoms with Gasteiger partial charge in [-0.25, -0.2) is 0 Å². The second-order valence-corrected chi connectivity index (χ2v) is 5.21. The van der Waals surface area contributed by atoms with Gasteiger partial charge in [0.25, 0.3) is 5.91 Å². The number of amides is 1. The van der Waals surface area contributed by atoms with E-state index in [1.54, 1.807) is 0 Å². The van der Waals surface area contributed by atoms with Gasteiger partial charge in [-0.1, -0.05) is 11.6 Å². The van der Waals surface area contributed by atoms with E-state index in [1.807, 2.05) is 55.2 Å². The van der Waals surface area contributed by atoms with Crippen molar-refractivity contribution in [2.45, 2.75) is 13.5 Å². The van der Waals surface area contributed by atoms with Crippen LogP contribution in [-0.2, 0) is 13.6 Å². The number of carbonyl (C=O) groups is 1. The van der Waals surface area contributed by atoms with Crippen molar-refractivity contribution >= 4 is 21.8 Å². The molecule has 0 bridgehead atoms. The molecule has 0 radical (unpaired) electrons.